The average Bonchev–Trinajstić information content (AvgIpc) is 2.74. The topological polar surface area (TPSA) is 130 Å². The molecule has 1 aromatic carbocycles. The molecule has 4 N–H and O–H groups in total. The second-order valence-electron chi connectivity index (χ2n) is 9.80. The standard InChI is InChI=1S/C24H36N2O6S/c1-14(2)15(22(29)30)10-18(27)16(25)11-24(3,4)12-21(28)26-13-20(23(31)32-5)33-19-9-7-6-8-17(19)26/h6-9,14-16,18,20,27H,10-13,25H2,1-5H3,(H,29,30)/t15-,16-,18-,20+/m0/s1. The van der Waals surface area contributed by atoms with Gasteiger partial charge in [-0.3, -0.25) is 14.4 Å². The summed E-state index contributed by atoms with van der Waals surface area (Å²) in [6.07, 6.45) is -0.420. The summed E-state index contributed by atoms with van der Waals surface area (Å²) < 4.78 is 4.89. The predicted octanol–water partition coefficient (Wildman–Crippen LogP) is 2.91. The number of hydrogen-bond acceptors (Lipinski definition) is 7. The number of thioether (sulfide) groups is 1. The molecule has 0 bridgehead atoms. The molecule has 0 aliphatic carbocycles. The molecule has 1 heterocycles. The smallest absolute Gasteiger partial charge is 0.321 e. The number of carboxylic acid groups (broad SMARTS) is 1. The van der Waals surface area contributed by atoms with Crippen molar-refractivity contribution in [2.75, 3.05) is 18.6 Å². The summed E-state index contributed by atoms with van der Waals surface area (Å²) in [5.74, 6) is -2.29. The number of anilines is 1. The Bertz CT molecular complexity index is 859. The van der Waals surface area contributed by atoms with E-state index in [9.17, 15) is 24.6 Å². The number of ether oxygens (including phenoxy) is 1. The molecular formula is C24H36N2O6S. The molecule has 0 radical (unpaired) electrons. The zero-order chi connectivity index (χ0) is 24.9. The number of nitrogens with two attached hydrogens (primary N) is 1. The van der Waals surface area contributed by atoms with Crippen molar-refractivity contribution in [3.05, 3.63) is 24.3 Å². The number of para-hydroxylation sites is 1. The van der Waals surface area contributed by atoms with Gasteiger partial charge in [0.05, 0.1) is 24.8 Å². The molecule has 2 rings (SSSR count). The lowest BCUT2D eigenvalue weighted by atomic mass is 9.79. The van der Waals surface area contributed by atoms with E-state index in [1.165, 1.54) is 18.9 Å². The molecule has 9 heteroatoms. The summed E-state index contributed by atoms with van der Waals surface area (Å²) in [6, 6.07) is 6.78. The Labute approximate surface area is 199 Å². The highest BCUT2D eigenvalue weighted by molar-refractivity contribution is 8.00. The normalized spacial score (nSPS) is 18.9. The highest BCUT2D eigenvalue weighted by Crippen LogP contribution is 2.40. The highest BCUT2D eigenvalue weighted by atomic mass is 32.2. The Morgan fingerprint density at radius 2 is 1.91 bits per heavy atom. The minimum Gasteiger partial charge on any atom is -0.481 e. The third kappa shape index (κ3) is 7.19. The molecule has 0 fully saturated rings. The van der Waals surface area contributed by atoms with Gasteiger partial charge < -0.3 is 25.6 Å². The number of benzene rings is 1. The van der Waals surface area contributed by atoms with Gasteiger partial charge in [-0.25, -0.2) is 0 Å². The molecule has 0 spiro atoms. The van der Waals surface area contributed by atoms with Crippen LogP contribution in [0.15, 0.2) is 29.2 Å². The van der Waals surface area contributed by atoms with Gasteiger partial charge in [0.1, 0.15) is 5.25 Å². The molecule has 4 atom stereocenters. The number of aliphatic hydroxyl groups is 1. The van der Waals surface area contributed by atoms with Crippen LogP contribution in [0.4, 0.5) is 5.69 Å². The molecule has 0 saturated heterocycles. The molecule has 0 aromatic heterocycles. The zero-order valence-electron chi connectivity index (χ0n) is 20.0. The second-order valence-corrected chi connectivity index (χ2v) is 11.0. The van der Waals surface area contributed by atoms with Crippen molar-refractivity contribution in [1.29, 1.82) is 0 Å². The lowest BCUT2D eigenvalue weighted by molar-refractivity contribution is -0.144. The van der Waals surface area contributed by atoms with Gasteiger partial charge in [0.25, 0.3) is 0 Å². The Morgan fingerprint density at radius 1 is 1.27 bits per heavy atom. The summed E-state index contributed by atoms with van der Waals surface area (Å²) in [7, 11) is 1.33. The van der Waals surface area contributed by atoms with Crippen LogP contribution in [-0.4, -0.2) is 59.1 Å². The number of aliphatic carboxylic acids is 1. The molecule has 0 saturated carbocycles. The first-order valence-electron chi connectivity index (χ1n) is 11.2. The first kappa shape index (κ1) is 27.1. The summed E-state index contributed by atoms with van der Waals surface area (Å²) >= 11 is 1.38. The summed E-state index contributed by atoms with van der Waals surface area (Å²) in [6.45, 7) is 7.62. The Balaban J connectivity index is 2.09. The minimum absolute atomic E-state index is 0.0652. The van der Waals surface area contributed by atoms with Crippen LogP contribution >= 0.6 is 11.8 Å². The van der Waals surface area contributed by atoms with Crippen LogP contribution in [-0.2, 0) is 19.1 Å². The van der Waals surface area contributed by atoms with Crippen LogP contribution in [0, 0.1) is 17.3 Å². The number of rotatable bonds is 10. The molecule has 33 heavy (non-hydrogen) atoms. The zero-order valence-corrected chi connectivity index (χ0v) is 20.8. The van der Waals surface area contributed by atoms with Crippen LogP contribution in [0.3, 0.4) is 0 Å². The molecular weight excluding hydrogens is 444 g/mol. The van der Waals surface area contributed by atoms with Crippen LogP contribution in [0.1, 0.15) is 47.0 Å². The van der Waals surface area contributed by atoms with E-state index in [1.54, 1.807) is 18.7 Å². The molecule has 1 aromatic rings. The maximum absolute atomic E-state index is 13.3. The number of fused-ring (bicyclic) bond motifs is 1. The van der Waals surface area contributed by atoms with Gasteiger partial charge in [-0.15, -0.1) is 11.8 Å². The number of nitrogens with zero attached hydrogens (tertiary/aromatic N) is 1. The van der Waals surface area contributed by atoms with Crippen LogP contribution < -0.4 is 10.6 Å². The number of hydrogen-bond donors (Lipinski definition) is 3. The van der Waals surface area contributed by atoms with Crippen molar-refractivity contribution in [2.24, 2.45) is 23.0 Å². The van der Waals surface area contributed by atoms with Gasteiger partial charge in [0.2, 0.25) is 5.91 Å². The number of carboxylic acids is 1. The summed E-state index contributed by atoms with van der Waals surface area (Å²) in [5.41, 5.74) is 6.44. The molecule has 184 valence electrons. The molecule has 1 aliphatic rings. The average molecular weight is 481 g/mol. The second kappa shape index (κ2) is 11.4. The van der Waals surface area contributed by atoms with E-state index in [4.69, 9.17) is 10.5 Å². The van der Waals surface area contributed by atoms with E-state index in [0.29, 0.717) is 6.42 Å². The van der Waals surface area contributed by atoms with E-state index >= 15 is 0 Å². The summed E-state index contributed by atoms with van der Waals surface area (Å²) in [5, 5.41) is 19.4. The monoisotopic (exact) mass is 480 g/mol. The van der Waals surface area contributed by atoms with Gasteiger partial charge in [-0.1, -0.05) is 39.8 Å². The summed E-state index contributed by atoms with van der Waals surface area (Å²) in [4.78, 5) is 39.4. The molecule has 8 nitrogen and oxygen atoms in total. The van der Waals surface area contributed by atoms with Crippen molar-refractivity contribution >= 4 is 35.3 Å². The van der Waals surface area contributed by atoms with Crippen LogP contribution in [0.25, 0.3) is 0 Å². The van der Waals surface area contributed by atoms with Crippen molar-refractivity contribution in [3.8, 4) is 0 Å². The fourth-order valence-electron chi connectivity index (χ4n) is 4.17. The molecule has 0 unspecified atom stereocenters. The number of methoxy groups -OCH3 is 1. The Hall–Kier alpha value is -2.10. The third-order valence-corrected chi connectivity index (χ3v) is 7.29. The van der Waals surface area contributed by atoms with E-state index in [0.717, 1.165) is 10.6 Å². The Kier molecular flexibility index (Phi) is 9.34. The van der Waals surface area contributed by atoms with Crippen molar-refractivity contribution in [1.82, 2.24) is 0 Å². The van der Waals surface area contributed by atoms with Gasteiger partial charge in [-0.2, -0.15) is 0 Å². The number of carbonyl (C=O) groups excluding carboxylic acids is 2. The highest BCUT2D eigenvalue weighted by Gasteiger charge is 2.37. The number of esters is 1. The van der Waals surface area contributed by atoms with Gasteiger partial charge in [0.15, 0.2) is 0 Å². The number of aliphatic hydroxyl groups excluding tert-OH is 1. The minimum atomic E-state index is -0.987. The maximum atomic E-state index is 13.3. The van der Waals surface area contributed by atoms with Crippen molar-refractivity contribution in [2.45, 2.75) is 69.2 Å². The fourth-order valence-corrected chi connectivity index (χ4v) is 5.35. The van der Waals surface area contributed by atoms with Crippen molar-refractivity contribution in [3.63, 3.8) is 0 Å². The van der Waals surface area contributed by atoms with Crippen LogP contribution in [0.5, 0.6) is 0 Å². The number of amides is 1. The first-order chi connectivity index (χ1) is 15.4. The van der Waals surface area contributed by atoms with E-state index in [2.05, 4.69) is 0 Å². The first-order valence-corrected chi connectivity index (χ1v) is 12.0. The molecule has 1 aliphatic heterocycles. The Morgan fingerprint density at radius 3 is 2.48 bits per heavy atom. The maximum Gasteiger partial charge on any atom is 0.321 e. The lowest BCUT2D eigenvalue weighted by Gasteiger charge is -2.36. The van der Waals surface area contributed by atoms with Gasteiger partial charge in [-0.05, 0) is 36.3 Å². The fraction of sp³-hybridized carbons (Fsp3) is 0.625. The largest absolute Gasteiger partial charge is 0.481 e. The SMILES string of the molecule is COC(=O)[C@H]1CN(C(=O)CC(C)(C)C[C@H](N)[C@@H](O)C[C@H](C(=O)O)C(C)C)c2ccccc2S1. The van der Waals surface area contributed by atoms with Crippen LogP contribution in [0.2, 0.25) is 0 Å². The third-order valence-electron chi connectivity index (χ3n) is 6.07. The quantitative estimate of drug-likeness (QED) is 0.436. The van der Waals surface area contributed by atoms with Gasteiger partial charge in [0, 0.05) is 23.9 Å². The predicted molar refractivity (Wildman–Crippen MR) is 128 cm³/mol. The van der Waals surface area contributed by atoms with Gasteiger partial charge >= 0.3 is 11.9 Å². The number of carbonyl (C=O) groups is 3. The van der Waals surface area contributed by atoms with E-state index in [1.807, 2.05) is 38.1 Å². The van der Waals surface area contributed by atoms with E-state index in [-0.39, 0.29) is 37.2 Å². The lowest BCUT2D eigenvalue weighted by Crippen LogP contribution is -2.45. The van der Waals surface area contributed by atoms with E-state index < -0.39 is 34.7 Å². The molecule has 1 amide bonds. The van der Waals surface area contributed by atoms with Crippen molar-refractivity contribution < 1.29 is 29.3 Å².